The van der Waals surface area contributed by atoms with E-state index in [1.54, 1.807) is 6.33 Å². The fourth-order valence-electron chi connectivity index (χ4n) is 2.76. The van der Waals surface area contributed by atoms with Gasteiger partial charge in [0.1, 0.15) is 6.33 Å². The van der Waals surface area contributed by atoms with Crippen LogP contribution in [0.2, 0.25) is 0 Å². The van der Waals surface area contributed by atoms with Gasteiger partial charge in [-0.3, -0.25) is 4.79 Å². The molecule has 1 N–H and O–H groups in total. The zero-order valence-corrected chi connectivity index (χ0v) is 14.0. The minimum atomic E-state index is -4.26. The SMILES string of the molecule is CC(C)n1cnnc1SCC(=O)NC1CCCCC1C(F)(F)F. The molecule has 9 heteroatoms. The molecule has 2 rings (SSSR count). The van der Waals surface area contributed by atoms with Crippen LogP contribution in [0, 0.1) is 5.92 Å². The lowest BCUT2D eigenvalue weighted by Crippen LogP contribution is -2.48. The van der Waals surface area contributed by atoms with Crippen LogP contribution in [0.3, 0.4) is 0 Å². The molecule has 1 aromatic rings. The van der Waals surface area contributed by atoms with Gasteiger partial charge >= 0.3 is 6.18 Å². The lowest BCUT2D eigenvalue weighted by atomic mass is 9.84. The van der Waals surface area contributed by atoms with E-state index in [-0.39, 0.29) is 18.2 Å². The third-order valence-corrected chi connectivity index (χ3v) is 4.92. The minimum absolute atomic E-state index is 0.0342. The van der Waals surface area contributed by atoms with Gasteiger partial charge in [-0.1, -0.05) is 24.6 Å². The molecule has 1 saturated carbocycles. The molecule has 2 unspecified atom stereocenters. The van der Waals surface area contributed by atoms with E-state index < -0.39 is 24.0 Å². The fourth-order valence-corrected chi connectivity index (χ4v) is 3.62. The maximum atomic E-state index is 13.0. The van der Waals surface area contributed by atoms with E-state index >= 15 is 0 Å². The fraction of sp³-hybridized carbons (Fsp3) is 0.786. The number of amides is 1. The highest BCUT2D eigenvalue weighted by molar-refractivity contribution is 7.99. The third kappa shape index (κ3) is 4.86. The van der Waals surface area contributed by atoms with Crippen LogP contribution in [0.4, 0.5) is 13.2 Å². The summed E-state index contributed by atoms with van der Waals surface area (Å²) in [5, 5.41) is 10.9. The van der Waals surface area contributed by atoms with E-state index in [0.29, 0.717) is 24.4 Å². The lowest BCUT2D eigenvalue weighted by molar-refractivity contribution is -0.189. The van der Waals surface area contributed by atoms with Gasteiger partial charge in [0, 0.05) is 12.1 Å². The molecule has 130 valence electrons. The van der Waals surface area contributed by atoms with Gasteiger partial charge in [0.05, 0.1) is 11.7 Å². The van der Waals surface area contributed by atoms with Crippen LogP contribution >= 0.6 is 11.8 Å². The van der Waals surface area contributed by atoms with Crippen molar-refractivity contribution in [1.29, 1.82) is 0 Å². The Balaban J connectivity index is 1.89. The van der Waals surface area contributed by atoms with Gasteiger partial charge in [0.25, 0.3) is 0 Å². The molecule has 0 bridgehead atoms. The quantitative estimate of drug-likeness (QED) is 0.829. The lowest BCUT2D eigenvalue weighted by Gasteiger charge is -2.33. The summed E-state index contributed by atoms with van der Waals surface area (Å²) in [7, 11) is 0. The molecule has 1 aliphatic carbocycles. The maximum absolute atomic E-state index is 13.0. The standard InChI is InChI=1S/C14H21F3N4OS/c1-9(2)21-8-18-20-13(21)23-7-12(22)19-11-6-4-3-5-10(11)14(15,16)17/h8-11H,3-7H2,1-2H3,(H,19,22). The second kappa shape index (κ2) is 7.55. The van der Waals surface area contributed by atoms with E-state index in [2.05, 4.69) is 15.5 Å². The predicted molar refractivity (Wildman–Crippen MR) is 81.1 cm³/mol. The minimum Gasteiger partial charge on any atom is -0.352 e. The summed E-state index contributed by atoms with van der Waals surface area (Å²) in [5.74, 6) is -1.80. The molecule has 1 aromatic heterocycles. The second-order valence-electron chi connectivity index (χ2n) is 6.01. The number of carbonyl (C=O) groups excluding carboxylic acids is 1. The molecular formula is C14H21F3N4OS. The van der Waals surface area contributed by atoms with Crippen molar-refractivity contribution >= 4 is 17.7 Å². The molecule has 1 amide bonds. The molecule has 23 heavy (non-hydrogen) atoms. The number of nitrogens with zero attached hydrogens (tertiary/aromatic N) is 3. The Labute approximate surface area is 137 Å². The van der Waals surface area contributed by atoms with Crippen LogP contribution in [-0.2, 0) is 4.79 Å². The van der Waals surface area contributed by atoms with Gasteiger partial charge in [0.2, 0.25) is 5.91 Å². The highest BCUT2D eigenvalue weighted by atomic mass is 32.2. The smallest absolute Gasteiger partial charge is 0.352 e. The second-order valence-corrected chi connectivity index (χ2v) is 6.95. The van der Waals surface area contributed by atoms with Crippen LogP contribution < -0.4 is 5.32 Å². The van der Waals surface area contributed by atoms with Gasteiger partial charge < -0.3 is 9.88 Å². The largest absolute Gasteiger partial charge is 0.393 e. The Kier molecular flexibility index (Phi) is 5.94. The van der Waals surface area contributed by atoms with E-state index in [4.69, 9.17) is 0 Å². The molecule has 0 saturated heterocycles. The Morgan fingerprint density at radius 3 is 2.78 bits per heavy atom. The third-order valence-electron chi connectivity index (χ3n) is 3.96. The Hall–Kier alpha value is -1.25. The number of hydrogen-bond donors (Lipinski definition) is 1. The van der Waals surface area contributed by atoms with Crippen LogP contribution in [0.5, 0.6) is 0 Å². The molecule has 0 spiro atoms. The van der Waals surface area contributed by atoms with Crippen molar-refractivity contribution in [3.63, 3.8) is 0 Å². The first-order chi connectivity index (χ1) is 10.8. The summed E-state index contributed by atoms with van der Waals surface area (Å²) in [6.45, 7) is 3.92. The Morgan fingerprint density at radius 1 is 1.43 bits per heavy atom. The first-order valence-corrected chi connectivity index (χ1v) is 8.66. The highest BCUT2D eigenvalue weighted by Gasteiger charge is 2.45. The van der Waals surface area contributed by atoms with Crippen molar-refractivity contribution in [2.75, 3.05) is 5.75 Å². The summed E-state index contributed by atoms with van der Waals surface area (Å²) in [5.41, 5.74) is 0. The number of thioether (sulfide) groups is 1. The average molecular weight is 350 g/mol. The summed E-state index contributed by atoms with van der Waals surface area (Å²) < 4.78 is 40.9. The Morgan fingerprint density at radius 2 is 2.13 bits per heavy atom. The molecule has 0 aromatic carbocycles. The summed E-state index contributed by atoms with van der Waals surface area (Å²) in [6.07, 6.45) is -0.948. The molecule has 1 aliphatic rings. The zero-order chi connectivity index (χ0) is 17.0. The Bertz CT molecular complexity index is 532. The number of aromatic nitrogens is 3. The monoisotopic (exact) mass is 350 g/mol. The van der Waals surface area contributed by atoms with Crippen molar-refractivity contribution in [3.05, 3.63) is 6.33 Å². The van der Waals surface area contributed by atoms with Gasteiger partial charge in [-0.05, 0) is 26.7 Å². The molecule has 1 fully saturated rings. The first-order valence-electron chi connectivity index (χ1n) is 7.67. The zero-order valence-electron chi connectivity index (χ0n) is 13.1. The van der Waals surface area contributed by atoms with Crippen molar-refractivity contribution < 1.29 is 18.0 Å². The number of hydrogen-bond acceptors (Lipinski definition) is 4. The van der Waals surface area contributed by atoms with Gasteiger partial charge in [-0.25, -0.2) is 0 Å². The van der Waals surface area contributed by atoms with Crippen LogP contribution in [-0.4, -0.2) is 38.6 Å². The number of alkyl halides is 3. The van der Waals surface area contributed by atoms with Crippen molar-refractivity contribution in [2.24, 2.45) is 5.92 Å². The summed E-state index contributed by atoms with van der Waals surface area (Å²) in [6, 6.07) is -0.664. The molecule has 2 atom stereocenters. The molecule has 5 nitrogen and oxygen atoms in total. The first kappa shape index (κ1) is 18.1. The average Bonchev–Trinajstić information content (AvgIpc) is 2.93. The van der Waals surface area contributed by atoms with Crippen LogP contribution in [0.25, 0.3) is 0 Å². The molecule has 1 heterocycles. The van der Waals surface area contributed by atoms with Crippen molar-refractivity contribution in [1.82, 2.24) is 20.1 Å². The molecule has 0 radical (unpaired) electrons. The van der Waals surface area contributed by atoms with Gasteiger partial charge in [-0.15, -0.1) is 10.2 Å². The van der Waals surface area contributed by atoms with E-state index in [1.165, 1.54) is 11.8 Å². The van der Waals surface area contributed by atoms with E-state index in [9.17, 15) is 18.0 Å². The van der Waals surface area contributed by atoms with Crippen LogP contribution in [0.1, 0.15) is 45.6 Å². The maximum Gasteiger partial charge on any atom is 0.393 e. The molecule has 0 aliphatic heterocycles. The number of rotatable bonds is 5. The number of halogens is 3. The summed E-state index contributed by atoms with van der Waals surface area (Å²) in [4.78, 5) is 12.0. The topological polar surface area (TPSA) is 59.8 Å². The van der Waals surface area contributed by atoms with Crippen molar-refractivity contribution in [2.45, 2.75) is 62.9 Å². The number of carbonyl (C=O) groups is 1. The highest BCUT2D eigenvalue weighted by Crippen LogP contribution is 2.37. The normalized spacial score (nSPS) is 22.3. The molecular weight excluding hydrogens is 329 g/mol. The van der Waals surface area contributed by atoms with Gasteiger partial charge in [0.15, 0.2) is 5.16 Å². The van der Waals surface area contributed by atoms with Crippen molar-refractivity contribution in [3.8, 4) is 0 Å². The van der Waals surface area contributed by atoms with E-state index in [0.717, 1.165) is 0 Å². The van der Waals surface area contributed by atoms with Gasteiger partial charge in [-0.2, -0.15) is 13.2 Å². The van der Waals surface area contributed by atoms with E-state index in [1.807, 2.05) is 18.4 Å². The number of nitrogens with one attached hydrogen (secondary N) is 1. The predicted octanol–water partition coefficient (Wildman–Crippen LogP) is 3.19. The van der Waals surface area contributed by atoms with Crippen LogP contribution in [0.15, 0.2) is 11.5 Å². The summed E-state index contributed by atoms with van der Waals surface area (Å²) >= 11 is 1.18.